The molecular formula is C18H16N2O2S. The summed E-state index contributed by atoms with van der Waals surface area (Å²) < 4.78 is 1.04. The number of nitrogens with one attached hydrogen (secondary N) is 1. The molecule has 1 heterocycles. The number of hydrogen-bond donors (Lipinski definition) is 1. The largest absolute Gasteiger partial charge is 0.302 e. The highest BCUT2D eigenvalue weighted by Gasteiger charge is 2.09. The predicted octanol–water partition coefficient (Wildman–Crippen LogP) is 4.29. The van der Waals surface area contributed by atoms with Crippen molar-refractivity contribution in [3.05, 3.63) is 60.2 Å². The minimum absolute atomic E-state index is 0.0680. The van der Waals surface area contributed by atoms with Crippen LogP contribution in [0.5, 0.6) is 0 Å². The molecule has 0 unspecified atom stereocenters. The van der Waals surface area contributed by atoms with Crippen molar-refractivity contribution in [2.24, 2.45) is 0 Å². The van der Waals surface area contributed by atoms with Crippen LogP contribution in [0.15, 0.2) is 54.6 Å². The molecule has 1 amide bonds. The summed E-state index contributed by atoms with van der Waals surface area (Å²) in [4.78, 5) is 28.3. The number of carbonyl (C=O) groups excluding carboxylic acids is 2. The summed E-state index contributed by atoms with van der Waals surface area (Å²) in [5, 5.41) is 3.40. The zero-order chi connectivity index (χ0) is 16.1. The lowest BCUT2D eigenvalue weighted by atomic mass is 10.1. The van der Waals surface area contributed by atoms with Crippen LogP contribution in [0.2, 0.25) is 0 Å². The van der Waals surface area contributed by atoms with Gasteiger partial charge in [-0.25, -0.2) is 4.98 Å². The number of thiazole rings is 1. The fraction of sp³-hybridized carbons (Fsp3) is 0.167. The molecule has 0 bridgehead atoms. The topological polar surface area (TPSA) is 59.1 Å². The van der Waals surface area contributed by atoms with Gasteiger partial charge in [-0.15, -0.1) is 0 Å². The van der Waals surface area contributed by atoms with Gasteiger partial charge in [0.25, 0.3) is 0 Å². The number of para-hydroxylation sites is 1. The molecule has 4 nitrogen and oxygen atoms in total. The fourth-order valence-corrected chi connectivity index (χ4v) is 3.17. The van der Waals surface area contributed by atoms with E-state index in [4.69, 9.17) is 0 Å². The normalized spacial score (nSPS) is 10.6. The maximum atomic E-state index is 12.0. The molecule has 0 fully saturated rings. The Morgan fingerprint density at radius 3 is 2.48 bits per heavy atom. The number of rotatable bonds is 6. The Balaban J connectivity index is 1.49. The lowest BCUT2D eigenvalue weighted by Crippen LogP contribution is -2.11. The lowest BCUT2D eigenvalue weighted by Gasteiger charge is -2.02. The number of fused-ring (bicyclic) bond motifs is 1. The van der Waals surface area contributed by atoms with E-state index in [9.17, 15) is 9.59 Å². The monoisotopic (exact) mass is 324 g/mol. The third-order valence-electron chi connectivity index (χ3n) is 3.44. The first-order valence-corrected chi connectivity index (χ1v) is 8.28. The van der Waals surface area contributed by atoms with Crippen LogP contribution in [0.4, 0.5) is 5.13 Å². The molecule has 0 aliphatic carbocycles. The van der Waals surface area contributed by atoms with Gasteiger partial charge in [-0.05, 0) is 18.6 Å². The highest BCUT2D eigenvalue weighted by Crippen LogP contribution is 2.25. The second-order valence-electron chi connectivity index (χ2n) is 5.18. The molecule has 0 radical (unpaired) electrons. The van der Waals surface area contributed by atoms with Crippen molar-refractivity contribution >= 4 is 38.4 Å². The number of ketones is 1. The summed E-state index contributed by atoms with van der Waals surface area (Å²) >= 11 is 1.45. The molecule has 0 saturated carbocycles. The SMILES string of the molecule is O=C(CCCC(=O)c1ccccc1)Nc1nc2ccccc2s1. The van der Waals surface area contributed by atoms with Crippen molar-refractivity contribution in [1.82, 2.24) is 4.98 Å². The number of anilines is 1. The molecule has 0 spiro atoms. The molecule has 1 N–H and O–H groups in total. The summed E-state index contributed by atoms with van der Waals surface area (Å²) in [6.45, 7) is 0. The first kappa shape index (κ1) is 15.4. The quantitative estimate of drug-likeness (QED) is 0.688. The molecular weight excluding hydrogens is 308 g/mol. The highest BCUT2D eigenvalue weighted by molar-refractivity contribution is 7.22. The van der Waals surface area contributed by atoms with Gasteiger partial charge >= 0.3 is 0 Å². The van der Waals surface area contributed by atoms with Crippen molar-refractivity contribution in [2.45, 2.75) is 19.3 Å². The first-order valence-electron chi connectivity index (χ1n) is 7.46. The number of amides is 1. The van der Waals surface area contributed by atoms with Gasteiger partial charge in [0, 0.05) is 18.4 Å². The van der Waals surface area contributed by atoms with Crippen LogP contribution in [0.25, 0.3) is 10.2 Å². The van der Waals surface area contributed by atoms with Crippen molar-refractivity contribution in [1.29, 1.82) is 0 Å². The van der Waals surface area contributed by atoms with Gasteiger partial charge in [0.05, 0.1) is 10.2 Å². The minimum Gasteiger partial charge on any atom is -0.302 e. The first-order chi connectivity index (χ1) is 11.2. The van der Waals surface area contributed by atoms with E-state index < -0.39 is 0 Å². The molecule has 5 heteroatoms. The maximum absolute atomic E-state index is 12.0. The van der Waals surface area contributed by atoms with Gasteiger partial charge in [0.2, 0.25) is 5.91 Å². The van der Waals surface area contributed by atoms with Crippen LogP contribution in [0, 0.1) is 0 Å². The fourth-order valence-electron chi connectivity index (χ4n) is 2.29. The Bertz CT molecular complexity index is 794. The van der Waals surface area contributed by atoms with E-state index in [-0.39, 0.29) is 11.7 Å². The summed E-state index contributed by atoms with van der Waals surface area (Å²) in [6, 6.07) is 16.9. The van der Waals surface area contributed by atoms with Gasteiger partial charge < -0.3 is 5.32 Å². The molecule has 2 aromatic carbocycles. The van der Waals surface area contributed by atoms with E-state index in [0.29, 0.717) is 30.0 Å². The molecule has 0 aliphatic rings. The summed E-state index contributed by atoms with van der Waals surface area (Å²) in [6.07, 6.45) is 1.22. The third kappa shape index (κ3) is 4.02. The molecule has 116 valence electrons. The Morgan fingerprint density at radius 2 is 1.70 bits per heavy atom. The number of benzene rings is 2. The van der Waals surface area contributed by atoms with Gasteiger partial charge in [-0.1, -0.05) is 53.8 Å². The summed E-state index contributed by atoms with van der Waals surface area (Å²) in [5.74, 6) is -0.0386. The average Bonchev–Trinajstić information content (AvgIpc) is 2.97. The average molecular weight is 324 g/mol. The number of aromatic nitrogens is 1. The van der Waals surface area contributed by atoms with Crippen LogP contribution < -0.4 is 5.32 Å². The van der Waals surface area contributed by atoms with E-state index in [0.717, 1.165) is 10.2 Å². The van der Waals surface area contributed by atoms with Crippen LogP contribution in [-0.4, -0.2) is 16.7 Å². The molecule has 0 atom stereocenters. The smallest absolute Gasteiger partial charge is 0.226 e. The van der Waals surface area contributed by atoms with Crippen molar-refractivity contribution in [3.8, 4) is 0 Å². The van der Waals surface area contributed by atoms with Gasteiger partial charge in [-0.3, -0.25) is 9.59 Å². The Labute approximate surface area is 138 Å². The lowest BCUT2D eigenvalue weighted by molar-refractivity contribution is -0.116. The van der Waals surface area contributed by atoms with E-state index in [2.05, 4.69) is 10.3 Å². The predicted molar refractivity (Wildman–Crippen MR) is 92.9 cm³/mol. The molecule has 23 heavy (non-hydrogen) atoms. The molecule has 3 rings (SSSR count). The van der Waals surface area contributed by atoms with Gasteiger partial charge in [0.1, 0.15) is 0 Å². The van der Waals surface area contributed by atoms with E-state index in [1.165, 1.54) is 11.3 Å². The minimum atomic E-state index is -0.107. The molecule has 0 aliphatic heterocycles. The summed E-state index contributed by atoms with van der Waals surface area (Å²) in [5.41, 5.74) is 1.58. The highest BCUT2D eigenvalue weighted by atomic mass is 32.1. The molecule has 1 aromatic heterocycles. The number of carbonyl (C=O) groups is 2. The van der Waals surface area contributed by atoms with Gasteiger partial charge in [-0.2, -0.15) is 0 Å². The number of Topliss-reactive ketones (excluding diaryl/α,β-unsaturated/α-hetero) is 1. The van der Waals surface area contributed by atoms with Gasteiger partial charge in [0.15, 0.2) is 10.9 Å². The van der Waals surface area contributed by atoms with Crippen molar-refractivity contribution in [2.75, 3.05) is 5.32 Å². The van der Waals surface area contributed by atoms with E-state index >= 15 is 0 Å². The standard InChI is InChI=1S/C18H16N2O2S/c21-15(13-7-2-1-3-8-13)10-6-12-17(22)20-18-19-14-9-4-5-11-16(14)23-18/h1-5,7-9,11H,6,10,12H2,(H,19,20,22). The molecule has 0 saturated heterocycles. The van der Waals surface area contributed by atoms with Crippen molar-refractivity contribution < 1.29 is 9.59 Å². The Kier molecular flexibility index (Phi) is 4.78. The van der Waals surface area contributed by atoms with Crippen LogP contribution >= 0.6 is 11.3 Å². The Hall–Kier alpha value is -2.53. The number of nitrogens with zero attached hydrogens (tertiary/aromatic N) is 1. The van der Waals surface area contributed by atoms with Crippen LogP contribution in [0.1, 0.15) is 29.6 Å². The molecule has 3 aromatic rings. The zero-order valence-electron chi connectivity index (χ0n) is 12.5. The van der Waals surface area contributed by atoms with Crippen LogP contribution in [0.3, 0.4) is 0 Å². The number of hydrogen-bond acceptors (Lipinski definition) is 4. The van der Waals surface area contributed by atoms with Crippen LogP contribution in [-0.2, 0) is 4.79 Å². The van der Waals surface area contributed by atoms with E-state index in [1.54, 1.807) is 12.1 Å². The maximum Gasteiger partial charge on any atom is 0.226 e. The second kappa shape index (κ2) is 7.15. The Morgan fingerprint density at radius 1 is 0.957 bits per heavy atom. The zero-order valence-corrected chi connectivity index (χ0v) is 13.3. The third-order valence-corrected chi connectivity index (χ3v) is 4.40. The second-order valence-corrected chi connectivity index (χ2v) is 6.21. The van der Waals surface area contributed by atoms with E-state index in [1.807, 2.05) is 42.5 Å². The summed E-state index contributed by atoms with van der Waals surface area (Å²) in [7, 11) is 0. The van der Waals surface area contributed by atoms with Crippen molar-refractivity contribution in [3.63, 3.8) is 0 Å².